The number of carbonyl (C=O) groups excluding carboxylic acids is 1. The van der Waals surface area contributed by atoms with E-state index in [1.54, 1.807) is 0 Å². The number of aliphatic hydroxyl groups excluding tert-OH is 1. The van der Waals surface area contributed by atoms with Crippen molar-refractivity contribution in [2.75, 3.05) is 0 Å². The Morgan fingerprint density at radius 1 is 1.04 bits per heavy atom. The summed E-state index contributed by atoms with van der Waals surface area (Å²) in [6.07, 6.45) is -5.36. The molecule has 0 aliphatic rings. The molecule has 0 fully saturated rings. The summed E-state index contributed by atoms with van der Waals surface area (Å²) in [7, 11) is 0. The maximum atomic E-state index is 12.2. The second-order valence-corrected chi connectivity index (χ2v) is 6.59. The minimum absolute atomic E-state index is 0.00284. The summed E-state index contributed by atoms with van der Waals surface area (Å²) in [5.41, 5.74) is 15.0. The lowest BCUT2D eigenvalue weighted by Gasteiger charge is -2.29. The molecule has 152 valence electrons. The number of carbonyl (C=O) groups is 1. The van der Waals surface area contributed by atoms with Gasteiger partial charge in [-0.3, -0.25) is 4.79 Å². The van der Waals surface area contributed by atoms with E-state index in [2.05, 4.69) is 4.74 Å². The third kappa shape index (κ3) is 7.21. The predicted molar refractivity (Wildman–Crippen MR) is 98.4 cm³/mol. The monoisotopic (exact) mass is 395 g/mol. The van der Waals surface area contributed by atoms with Crippen LogP contribution in [0.1, 0.15) is 17.5 Å². The molecule has 0 aromatic heterocycles. The summed E-state index contributed by atoms with van der Waals surface area (Å²) in [6, 6.07) is 13.5. The van der Waals surface area contributed by atoms with Gasteiger partial charge in [0.2, 0.25) is 5.91 Å². The molecule has 28 heavy (non-hydrogen) atoms. The molecule has 2 rings (SSSR count). The number of nitrogens with two attached hydrogens (primary N) is 1. The summed E-state index contributed by atoms with van der Waals surface area (Å²) < 4.78 is 40.4. The number of alkyl halides is 3. The molecule has 2 aromatic rings. The number of nitrogens with one attached hydrogen (secondary N) is 1. The second-order valence-electron chi connectivity index (χ2n) is 6.59. The molecule has 3 atom stereocenters. The minimum Gasteiger partial charge on any atom is -0.672 e. The van der Waals surface area contributed by atoms with Crippen molar-refractivity contribution in [3.63, 3.8) is 0 Å². The van der Waals surface area contributed by atoms with E-state index >= 15 is 0 Å². The molecular formula is C20H22F3N2O3-. The Balaban J connectivity index is 1.96. The zero-order chi connectivity index (χ0) is 20.7. The number of benzene rings is 2. The molecule has 0 spiro atoms. The van der Waals surface area contributed by atoms with Crippen LogP contribution >= 0.6 is 0 Å². The maximum Gasteiger partial charge on any atom is 0.573 e. The maximum absolute atomic E-state index is 12.2. The first-order valence-corrected chi connectivity index (χ1v) is 8.71. The largest absolute Gasteiger partial charge is 0.672 e. The molecule has 0 aliphatic carbocycles. The van der Waals surface area contributed by atoms with Gasteiger partial charge in [0, 0.05) is 12.0 Å². The topological polar surface area (TPSA) is 96.3 Å². The van der Waals surface area contributed by atoms with E-state index in [9.17, 15) is 23.1 Å². The van der Waals surface area contributed by atoms with Crippen LogP contribution in [-0.4, -0.2) is 29.5 Å². The highest BCUT2D eigenvalue weighted by molar-refractivity contribution is 5.77. The van der Waals surface area contributed by atoms with Gasteiger partial charge in [0.05, 0.1) is 0 Å². The number of aliphatic hydroxyl groups is 1. The number of hydrogen-bond donors (Lipinski definition) is 2. The third-order valence-electron chi connectivity index (χ3n) is 4.33. The zero-order valence-corrected chi connectivity index (χ0v) is 15.0. The van der Waals surface area contributed by atoms with Gasteiger partial charge < -0.3 is 21.3 Å². The van der Waals surface area contributed by atoms with E-state index < -0.39 is 30.3 Å². The molecule has 0 saturated carbocycles. The fourth-order valence-corrected chi connectivity index (χ4v) is 2.87. The first kappa shape index (κ1) is 21.7. The van der Waals surface area contributed by atoms with Crippen molar-refractivity contribution in [1.29, 1.82) is 0 Å². The van der Waals surface area contributed by atoms with E-state index in [0.29, 0.717) is 12.0 Å². The molecule has 5 nitrogen and oxygen atoms in total. The Labute approximate surface area is 161 Å². The molecule has 1 amide bonds. The van der Waals surface area contributed by atoms with E-state index in [4.69, 9.17) is 11.5 Å². The standard InChI is InChI=1S/C20H22F3N2O3/c21-20(22,23)28-16-8-6-14(7-9-16)10-15(19(25)27)12-18(26)17(24)11-13-4-2-1-3-5-13/h1-9,15,17-18,24,26H,10-12H2,(H2,25,27)/q-1/t15-,17+,18+/m1/s1. The van der Waals surface area contributed by atoms with Gasteiger partial charge >= 0.3 is 6.36 Å². The van der Waals surface area contributed by atoms with Crippen LogP contribution in [0.3, 0.4) is 0 Å². The van der Waals surface area contributed by atoms with E-state index in [1.165, 1.54) is 12.1 Å². The van der Waals surface area contributed by atoms with Crippen LogP contribution in [-0.2, 0) is 17.6 Å². The number of amides is 1. The summed E-state index contributed by atoms with van der Waals surface area (Å²) in [5.74, 6) is -1.74. The average Bonchev–Trinajstić information content (AvgIpc) is 2.62. The van der Waals surface area contributed by atoms with Crippen LogP contribution in [0, 0.1) is 5.92 Å². The van der Waals surface area contributed by atoms with Crippen LogP contribution < -0.4 is 10.5 Å². The molecular weight excluding hydrogens is 373 g/mol. The van der Waals surface area contributed by atoms with Gasteiger partial charge in [-0.25, -0.2) is 0 Å². The Kier molecular flexibility index (Phi) is 7.42. The number of primary amides is 1. The number of rotatable bonds is 9. The highest BCUT2D eigenvalue weighted by Crippen LogP contribution is 2.24. The Morgan fingerprint density at radius 2 is 1.61 bits per heavy atom. The van der Waals surface area contributed by atoms with Crippen molar-refractivity contribution in [2.45, 2.75) is 37.8 Å². The van der Waals surface area contributed by atoms with Crippen LogP contribution in [0.25, 0.3) is 5.73 Å². The lowest BCUT2D eigenvalue weighted by atomic mass is 9.89. The van der Waals surface area contributed by atoms with Crippen LogP contribution in [0.5, 0.6) is 5.75 Å². The van der Waals surface area contributed by atoms with Gasteiger partial charge in [-0.05, 0) is 42.5 Å². The normalized spacial score (nSPS) is 14.9. The van der Waals surface area contributed by atoms with Crippen molar-refractivity contribution in [3.8, 4) is 5.75 Å². The minimum atomic E-state index is -4.77. The molecule has 0 bridgehead atoms. The van der Waals surface area contributed by atoms with Gasteiger partial charge in [0.15, 0.2) is 0 Å². The number of halogens is 3. The molecule has 0 radical (unpaired) electrons. The van der Waals surface area contributed by atoms with Crippen LogP contribution in [0.4, 0.5) is 13.2 Å². The first-order valence-electron chi connectivity index (χ1n) is 8.71. The lowest BCUT2D eigenvalue weighted by Crippen LogP contribution is -2.33. The Bertz CT molecular complexity index is 752. The molecule has 0 saturated heterocycles. The van der Waals surface area contributed by atoms with Crippen LogP contribution in [0.15, 0.2) is 54.6 Å². The zero-order valence-electron chi connectivity index (χ0n) is 15.0. The molecule has 2 aromatic carbocycles. The SMILES string of the molecule is [NH-][C@@H](Cc1ccccc1)[C@@H](O)C[C@@H](Cc1ccc(OC(F)(F)F)cc1)C(N)=O. The van der Waals surface area contributed by atoms with Gasteiger partial charge in [0.1, 0.15) is 5.75 Å². The first-order chi connectivity index (χ1) is 13.1. The third-order valence-corrected chi connectivity index (χ3v) is 4.33. The van der Waals surface area contributed by atoms with Crippen molar-refractivity contribution in [3.05, 3.63) is 71.5 Å². The average molecular weight is 395 g/mol. The van der Waals surface area contributed by atoms with Crippen molar-refractivity contribution in [1.82, 2.24) is 0 Å². The highest BCUT2D eigenvalue weighted by Gasteiger charge is 2.31. The van der Waals surface area contributed by atoms with Crippen molar-refractivity contribution < 1.29 is 27.8 Å². The fraction of sp³-hybridized carbons (Fsp3) is 0.350. The Hall–Kier alpha value is -2.58. The Morgan fingerprint density at radius 3 is 2.14 bits per heavy atom. The lowest BCUT2D eigenvalue weighted by molar-refractivity contribution is -0.274. The fourth-order valence-electron chi connectivity index (χ4n) is 2.87. The molecule has 4 N–H and O–H groups in total. The van der Waals surface area contributed by atoms with Gasteiger partial charge in [-0.1, -0.05) is 42.5 Å². The van der Waals surface area contributed by atoms with Crippen molar-refractivity contribution >= 4 is 5.91 Å². The number of hydrogen-bond acceptors (Lipinski definition) is 3. The highest BCUT2D eigenvalue weighted by atomic mass is 19.4. The summed E-state index contributed by atoms with van der Waals surface area (Å²) in [4.78, 5) is 11.8. The van der Waals surface area contributed by atoms with Gasteiger partial charge in [0.25, 0.3) is 0 Å². The second kappa shape index (κ2) is 9.57. The van der Waals surface area contributed by atoms with E-state index in [-0.39, 0.29) is 18.6 Å². The van der Waals surface area contributed by atoms with E-state index in [1.807, 2.05) is 30.3 Å². The quantitative estimate of drug-likeness (QED) is 0.678. The molecule has 0 aliphatic heterocycles. The van der Waals surface area contributed by atoms with Gasteiger partial charge in [-0.15, -0.1) is 19.2 Å². The summed E-state index contributed by atoms with van der Waals surface area (Å²) >= 11 is 0. The van der Waals surface area contributed by atoms with E-state index in [0.717, 1.165) is 17.7 Å². The molecule has 0 heterocycles. The van der Waals surface area contributed by atoms with Crippen molar-refractivity contribution in [2.24, 2.45) is 11.7 Å². The smallest absolute Gasteiger partial charge is 0.573 e. The van der Waals surface area contributed by atoms with Crippen LogP contribution in [0.2, 0.25) is 0 Å². The predicted octanol–water partition coefficient (Wildman–Crippen LogP) is 3.64. The summed E-state index contributed by atoms with van der Waals surface area (Å²) in [6.45, 7) is 0. The molecule has 8 heteroatoms. The summed E-state index contributed by atoms with van der Waals surface area (Å²) in [5, 5.41) is 10.3. The number of ether oxygens (including phenoxy) is 1. The van der Waals surface area contributed by atoms with Gasteiger partial charge in [-0.2, -0.15) is 0 Å². The molecule has 0 unspecified atom stereocenters.